The average Bonchev–Trinajstić information content (AvgIpc) is 2.95. The number of aromatic hydroxyl groups is 1. The van der Waals surface area contributed by atoms with E-state index in [2.05, 4.69) is 0 Å². The van der Waals surface area contributed by atoms with Gasteiger partial charge < -0.3 is 5.11 Å². The van der Waals surface area contributed by atoms with Crippen LogP contribution in [0, 0.1) is 17.8 Å². The van der Waals surface area contributed by atoms with Crippen molar-refractivity contribution in [3.8, 4) is 5.75 Å². The molecule has 2 amide bonds. The Bertz CT molecular complexity index is 1120. The Hall–Kier alpha value is -3.32. The first-order valence-electron chi connectivity index (χ1n) is 9.85. The van der Waals surface area contributed by atoms with Crippen LogP contribution in [0.3, 0.4) is 0 Å². The minimum atomic E-state index is -0.758. The van der Waals surface area contributed by atoms with Crippen LogP contribution in [0.15, 0.2) is 58.7 Å². The highest BCUT2D eigenvalue weighted by Crippen LogP contribution is 2.54. The number of amides is 2. The van der Waals surface area contributed by atoms with Gasteiger partial charge in [0.05, 0.1) is 11.8 Å². The molecule has 4 aliphatic rings. The lowest BCUT2D eigenvalue weighted by atomic mass is 9.59. The molecule has 2 N–H and O–H groups in total. The molecule has 1 aromatic rings. The van der Waals surface area contributed by atoms with E-state index < -0.39 is 35.5 Å². The molecule has 1 saturated heterocycles. The van der Waals surface area contributed by atoms with E-state index in [0.29, 0.717) is 16.7 Å². The van der Waals surface area contributed by atoms with Crippen molar-refractivity contribution in [2.75, 3.05) is 0 Å². The third kappa shape index (κ3) is 2.42. The van der Waals surface area contributed by atoms with Crippen molar-refractivity contribution < 1.29 is 29.5 Å². The summed E-state index contributed by atoms with van der Waals surface area (Å²) in [5, 5.41) is 19.8. The Balaban J connectivity index is 1.71. The molecule has 4 atom stereocenters. The van der Waals surface area contributed by atoms with E-state index in [1.165, 1.54) is 18.2 Å². The highest BCUT2D eigenvalue weighted by atomic mass is 16.5. The van der Waals surface area contributed by atoms with Crippen molar-refractivity contribution in [3.63, 3.8) is 0 Å². The van der Waals surface area contributed by atoms with Crippen molar-refractivity contribution in [3.05, 3.63) is 64.3 Å². The van der Waals surface area contributed by atoms with Crippen LogP contribution < -0.4 is 0 Å². The first kappa shape index (κ1) is 18.7. The summed E-state index contributed by atoms with van der Waals surface area (Å²) >= 11 is 0. The van der Waals surface area contributed by atoms with Crippen molar-refractivity contribution in [2.24, 2.45) is 17.8 Å². The summed E-state index contributed by atoms with van der Waals surface area (Å²) in [5.41, 5.74) is 2.67. The van der Waals surface area contributed by atoms with E-state index in [0.717, 1.165) is 11.1 Å². The molecular weight excluding hydrogens is 386 g/mol. The number of hydrogen-bond acceptors (Lipinski definition) is 6. The first-order valence-corrected chi connectivity index (χ1v) is 9.85. The van der Waals surface area contributed by atoms with E-state index in [-0.39, 0.29) is 35.2 Å². The summed E-state index contributed by atoms with van der Waals surface area (Å²) in [7, 11) is 0. The van der Waals surface area contributed by atoms with E-state index in [1.807, 2.05) is 6.08 Å². The molecule has 0 unspecified atom stereocenters. The van der Waals surface area contributed by atoms with Gasteiger partial charge in [-0.1, -0.05) is 23.8 Å². The molecule has 5 rings (SSSR count). The third-order valence-corrected chi connectivity index (χ3v) is 6.77. The van der Waals surface area contributed by atoms with Gasteiger partial charge >= 0.3 is 0 Å². The van der Waals surface area contributed by atoms with Crippen molar-refractivity contribution >= 4 is 23.4 Å². The van der Waals surface area contributed by atoms with Gasteiger partial charge in [-0.25, -0.2) is 0 Å². The molecule has 1 fully saturated rings. The number of nitrogens with zero attached hydrogens (tertiary/aromatic N) is 1. The molecule has 7 nitrogen and oxygen atoms in total. The smallest absolute Gasteiger partial charge is 0.257 e. The predicted molar refractivity (Wildman–Crippen MR) is 103 cm³/mol. The second kappa shape index (κ2) is 6.34. The Kier molecular flexibility index (Phi) is 3.95. The fraction of sp³-hybridized carbons (Fsp3) is 0.304. The van der Waals surface area contributed by atoms with Gasteiger partial charge in [0.25, 0.3) is 11.8 Å². The molecule has 0 radical (unpaired) electrons. The van der Waals surface area contributed by atoms with Gasteiger partial charge in [-0.2, -0.15) is 5.06 Å². The zero-order valence-corrected chi connectivity index (χ0v) is 16.2. The lowest BCUT2D eigenvalue weighted by Crippen LogP contribution is -2.39. The number of allylic oxidation sites excluding steroid dienone is 6. The van der Waals surface area contributed by atoms with Crippen LogP contribution in [0.1, 0.15) is 31.2 Å². The van der Waals surface area contributed by atoms with Gasteiger partial charge in [0, 0.05) is 22.6 Å². The van der Waals surface area contributed by atoms with Crippen LogP contribution in [0.25, 0.3) is 0 Å². The molecule has 3 aliphatic carbocycles. The molecular formula is C23H19NO6. The summed E-state index contributed by atoms with van der Waals surface area (Å²) in [6.45, 7) is 1.61. The molecule has 30 heavy (non-hydrogen) atoms. The van der Waals surface area contributed by atoms with Gasteiger partial charge in [-0.3, -0.25) is 24.4 Å². The Morgan fingerprint density at radius 3 is 2.40 bits per heavy atom. The first-order chi connectivity index (χ1) is 14.3. The van der Waals surface area contributed by atoms with E-state index in [1.54, 1.807) is 19.1 Å². The number of phenolic OH excluding ortho intramolecular Hbond substituents is 1. The maximum Gasteiger partial charge on any atom is 0.257 e. The Morgan fingerprint density at radius 1 is 1.00 bits per heavy atom. The van der Waals surface area contributed by atoms with Crippen molar-refractivity contribution in [1.29, 1.82) is 0 Å². The van der Waals surface area contributed by atoms with Crippen LogP contribution in [0.4, 0.5) is 0 Å². The molecule has 0 bridgehead atoms. The molecule has 0 spiro atoms. The molecule has 0 aromatic heterocycles. The van der Waals surface area contributed by atoms with Crippen molar-refractivity contribution in [1.82, 2.24) is 5.06 Å². The fourth-order valence-corrected chi connectivity index (χ4v) is 5.39. The lowest BCUT2D eigenvalue weighted by molar-refractivity contribution is -0.173. The normalized spacial score (nSPS) is 30.7. The second-order valence-electron chi connectivity index (χ2n) is 8.31. The number of hydrogen-bond donors (Lipinski definition) is 2. The lowest BCUT2D eigenvalue weighted by Gasteiger charge is -2.42. The molecule has 152 valence electrons. The summed E-state index contributed by atoms with van der Waals surface area (Å²) in [6, 6.07) is 6.43. The van der Waals surface area contributed by atoms with E-state index in [4.69, 9.17) is 0 Å². The van der Waals surface area contributed by atoms with Crippen molar-refractivity contribution in [2.45, 2.75) is 25.7 Å². The monoisotopic (exact) mass is 405 g/mol. The predicted octanol–water partition coefficient (Wildman–Crippen LogP) is 2.21. The summed E-state index contributed by atoms with van der Waals surface area (Å²) in [5.74, 6) is -4.09. The average molecular weight is 405 g/mol. The number of carbonyl (C=O) groups is 4. The second-order valence-corrected chi connectivity index (χ2v) is 8.31. The maximum atomic E-state index is 13.1. The van der Waals surface area contributed by atoms with E-state index in [9.17, 15) is 29.5 Å². The maximum absolute atomic E-state index is 13.1. The minimum Gasteiger partial charge on any atom is -0.508 e. The number of ketones is 2. The quantitative estimate of drug-likeness (QED) is 0.321. The molecule has 1 heterocycles. The van der Waals surface area contributed by atoms with Crippen LogP contribution in [0.5, 0.6) is 5.75 Å². The Labute approximate surface area is 171 Å². The topological polar surface area (TPSA) is 112 Å². The van der Waals surface area contributed by atoms with Gasteiger partial charge in [-0.15, -0.1) is 0 Å². The third-order valence-electron chi connectivity index (χ3n) is 6.77. The van der Waals surface area contributed by atoms with Crippen LogP contribution in [-0.4, -0.2) is 38.8 Å². The van der Waals surface area contributed by atoms with Gasteiger partial charge in [0.1, 0.15) is 5.75 Å². The molecule has 1 aromatic carbocycles. The number of imide groups is 1. The highest BCUT2D eigenvalue weighted by molar-refractivity contribution is 6.23. The number of phenols is 1. The number of hydroxylamine groups is 2. The number of benzene rings is 1. The standard InChI is InChI=1S/C23H19NO6/c1-10-8-17(26)16-9-15-13(6-7-14-19(15)23(29)24(30)22(14)28)18(20(16)21(10)27)11-2-4-12(25)5-3-11/h2-6,8,14-15,18-19,25,30H,7,9H2,1H3/t14-,15+,18-,19-/m0/s1. The largest absolute Gasteiger partial charge is 0.508 e. The highest BCUT2D eigenvalue weighted by Gasteiger charge is 2.56. The number of fused-ring (bicyclic) bond motifs is 3. The number of rotatable bonds is 1. The molecule has 0 saturated carbocycles. The van der Waals surface area contributed by atoms with Gasteiger partial charge in [-0.05, 0) is 49.5 Å². The van der Waals surface area contributed by atoms with Crippen LogP contribution in [0.2, 0.25) is 0 Å². The zero-order chi connectivity index (χ0) is 21.3. The Morgan fingerprint density at radius 2 is 1.70 bits per heavy atom. The zero-order valence-electron chi connectivity index (χ0n) is 16.2. The van der Waals surface area contributed by atoms with Gasteiger partial charge in [0.15, 0.2) is 11.6 Å². The van der Waals surface area contributed by atoms with Crippen LogP contribution in [-0.2, 0) is 19.2 Å². The molecule has 7 heteroatoms. The van der Waals surface area contributed by atoms with Gasteiger partial charge in [0.2, 0.25) is 0 Å². The SMILES string of the molecule is CC1=CC(=O)C2=C(C1=O)[C@@H](c1ccc(O)cc1)C1=CC[C@@H]3C(=O)N(O)C(=O)[C@@H]3[C@@H]1C2. The fourth-order valence-electron chi connectivity index (χ4n) is 5.39. The number of Topliss-reactive ketones (excluding diaryl/α,β-unsaturated/α-hetero) is 1. The van der Waals surface area contributed by atoms with Crippen LogP contribution >= 0.6 is 0 Å². The summed E-state index contributed by atoms with van der Waals surface area (Å²) in [6.07, 6.45) is 3.66. The van der Waals surface area contributed by atoms with E-state index >= 15 is 0 Å². The number of carbonyl (C=O) groups excluding carboxylic acids is 4. The summed E-state index contributed by atoms with van der Waals surface area (Å²) < 4.78 is 0. The molecule has 1 aliphatic heterocycles. The summed E-state index contributed by atoms with van der Waals surface area (Å²) in [4.78, 5) is 50.9. The minimum absolute atomic E-state index is 0.0765.